The number of Topliss-reactive ketones (excluding diaryl/α,β-unsaturated/α-hetero) is 1. The van der Waals surface area contributed by atoms with Gasteiger partial charge in [0.15, 0.2) is 5.78 Å². The lowest BCUT2D eigenvalue weighted by molar-refractivity contribution is -0.129. The largest absolute Gasteiger partial charge is 0.477 e. The lowest BCUT2D eigenvalue weighted by atomic mass is 9.96. The molecule has 1 aromatic rings. The molecule has 1 aliphatic rings. The normalized spacial score (nSPS) is 14.4. The van der Waals surface area contributed by atoms with Crippen LogP contribution in [0.3, 0.4) is 0 Å². The highest BCUT2D eigenvalue weighted by Gasteiger charge is 2.25. The Bertz CT molecular complexity index is 534. The van der Waals surface area contributed by atoms with Crippen molar-refractivity contribution in [3.05, 3.63) is 29.1 Å². The molecule has 0 unspecified atom stereocenters. The van der Waals surface area contributed by atoms with E-state index in [1.165, 1.54) is 6.07 Å². The fourth-order valence-electron chi connectivity index (χ4n) is 1.73. The van der Waals surface area contributed by atoms with Gasteiger partial charge in [-0.2, -0.15) is 0 Å². The van der Waals surface area contributed by atoms with Gasteiger partial charge in [-0.15, -0.1) is 0 Å². The zero-order valence-electron chi connectivity index (χ0n) is 8.45. The fraction of sp³-hybridized carbons (Fsp3) is 0.182. The van der Waals surface area contributed by atoms with E-state index in [-0.39, 0.29) is 23.6 Å². The average Bonchev–Trinajstić information content (AvgIpc) is 2.15. The number of rotatable bonds is 1. The summed E-state index contributed by atoms with van der Waals surface area (Å²) in [7, 11) is 0. The molecule has 1 heterocycles. The van der Waals surface area contributed by atoms with Gasteiger partial charge in [0, 0.05) is 11.6 Å². The van der Waals surface area contributed by atoms with E-state index in [1.807, 2.05) is 0 Å². The summed E-state index contributed by atoms with van der Waals surface area (Å²) >= 11 is 0. The van der Waals surface area contributed by atoms with Crippen LogP contribution in [0.5, 0.6) is 0 Å². The van der Waals surface area contributed by atoms with E-state index < -0.39 is 11.8 Å². The summed E-state index contributed by atoms with van der Waals surface area (Å²) in [5.41, 5.74) is 0.647. The van der Waals surface area contributed by atoms with Crippen LogP contribution in [0, 0.1) is 12.7 Å². The first-order valence-corrected chi connectivity index (χ1v) is 4.63. The summed E-state index contributed by atoms with van der Waals surface area (Å²) in [6, 6.07) is 2.31. The second-order valence-corrected chi connectivity index (χ2v) is 3.58. The van der Waals surface area contributed by atoms with E-state index in [9.17, 15) is 14.0 Å². The number of nitrogens with zero attached hydrogens (tertiary/aromatic N) is 1. The summed E-state index contributed by atoms with van der Waals surface area (Å²) in [5, 5.41) is 8.74. The summed E-state index contributed by atoms with van der Waals surface area (Å²) in [4.78, 5) is 26.1. The highest BCUT2D eigenvalue weighted by molar-refractivity contribution is 6.42. The Balaban J connectivity index is 2.66. The van der Waals surface area contributed by atoms with Crippen molar-refractivity contribution < 1.29 is 19.1 Å². The molecule has 1 aromatic carbocycles. The number of carboxylic acid groups (broad SMARTS) is 1. The number of fused-ring (bicyclic) bond motifs is 1. The molecule has 4 nitrogen and oxygen atoms in total. The van der Waals surface area contributed by atoms with Crippen molar-refractivity contribution >= 4 is 23.2 Å². The molecular formula is C11H8FNO3. The molecule has 16 heavy (non-hydrogen) atoms. The molecule has 0 spiro atoms. The predicted octanol–water partition coefficient (Wildman–Crippen LogP) is 1.88. The molecule has 0 atom stereocenters. The number of aryl methyl sites for hydroxylation is 1. The first-order chi connectivity index (χ1) is 7.49. The van der Waals surface area contributed by atoms with Gasteiger partial charge >= 0.3 is 5.97 Å². The molecule has 1 N–H and O–H groups in total. The fourth-order valence-corrected chi connectivity index (χ4v) is 1.73. The SMILES string of the molecule is Cc1cc(F)cc2c1C(=O)CC(C(=O)O)=N2. The molecule has 1 aliphatic heterocycles. The lowest BCUT2D eigenvalue weighted by Crippen LogP contribution is -2.21. The Morgan fingerprint density at radius 1 is 1.50 bits per heavy atom. The maximum absolute atomic E-state index is 13.1. The van der Waals surface area contributed by atoms with Gasteiger partial charge in [0.05, 0.1) is 12.1 Å². The molecule has 0 saturated heterocycles. The van der Waals surface area contributed by atoms with Crippen molar-refractivity contribution in [1.29, 1.82) is 0 Å². The van der Waals surface area contributed by atoms with Crippen molar-refractivity contribution in [2.75, 3.05) is 0 Å². The van der Waals surface area contributed by atoms with Crippen LogP contribution in [-0.4, -0.2) is 22.6 Å². The summed E-state index contributed by atoms with van der Waals surface area (Å²) in [6.07, 6.45) is -0.241. The second-order valence-electron chi connectivity index (χ2n) is 3.58. The molecule has 0 radical (unpaired) electrons. The number of hydrogen-bond donors (Lipinski definition) is 1. The molecule has 0 amide bonds. The summed E-state index contributed by atoms with van der Waals surface area (Å²) < 4.78 is 13.1. The van der Waals surface area contributed by atoms with Crippen LogP contribution >= 0.6 is 0 Å². The maximum atomic E-state index is 13.1. The maximum Gasteiger partial charge on any atom is 0.350 e. The van der Waals surface area contributed by atoms with Crippen LogP contribution in [-0.2, 0) is 4.79 Å². The molecule has 5 heteroatoms. The summed E-state index contributed by atoms with van der Waals surface area (Å²) in [5.74, 6) is -2.11. The van der Waals surface area contributed by atoms with E-state index in [4.69, 9.17) is 5.11 Å². The smallest absolute Gasteiger partial charge is 0.350 e. The van der Waals surface area contributed by atoms with Crippen LogP contribution in [0.15, 0.2) is 17.1 Å². The molecule has 0 saturated carbocycles. The van der Waals surface area contributed by atoms with E-state index in [2.05, 4.69) is 4.99 Å². The van der Waals surface area contributed by atoms with Crippen molar-refractivity contribution in [3.63, 3.8) is 0 Å². The monoisotopic (exact) mass is 221 g/mol. The Morgan fingerprint density at radius 3 is 2.81 bits per heavy atom. The van der Waals surface area contributed by atoms with Crippen LogP contribution < -0.4 is 0 Å². The number of halogens is 1. The van der Waals surface area contributed by atoms with Gasteiger partial charge in [-0.25, -0.2) is 14.2 Å². The minimum Gasteiger partial charge on any atom is -0.477 e. The summed E-state index contributed by atoms with van der Waals surface area (Å²) in [6.45, 7) is 1.60. The van der Waals surface area contributed by atoms with E-state index in [0.29, 0.717) is 11.1 Å². The quantitative estimate of drug-likeness (QED) is 0.787. The van der Waals surface area contributed by atoms with Gasteiger partial charge in [0.2, 0.25) is 0 Å². The molecule has 0 aromatic heterocycles. The number of benzene rings is 1. The van der Waals surface area contributed by atoms with Gasteiger partial charge in [-0.3, -0.25) is 4.79 Å². The molecular weight excluding hydrogens is 213 g/mol. The zero-order chi connectivity index (χ0) is 11.9. The van der Waals surface area contributed by atoms with Gasteiger partial charge in [-0.1, -0.05) is 0 Å². The minimum absolute atomic E-state index is 0.103. The average molecular weight is 221 g/mol. The number of aliphatic imine (C=N–C) groups is 1. The molecule has 0 aliphatic carbocycles. The number of carboxylic acids is 1. The van der Waals surface area contributed by atoms with Gasteiger partial charge < -0.3 is 5.11 Å². The lowest BCUT2D eigenvalue weighted by Gasteiger charge is -2.14. The molecule has 2 rings (SSSR count). The topological polar surface area (TPSA) is 66.7 Å². The van der Waals surface area contributed by atoms with Crippen molar-refractivity contribution in [2.24, 2.45) is 4.99 Å². The van der Waals surface area contributed by atoms with Gasteiger partial charge in [-0.05, 0) is 18.6 Å². The molecule has 82 valence electrons. The number of hydrogen-bond acceptors (Lipinski definition) is 3. The van der Waals surface area contributed by atoms with Crippen molar-refractivity contribution in [1.82, 2.24) is 0 Å². The van der Waals surface area contributed by atoms with E-state index in [0.717, 1.165) is 6.07 Å². The van der Waals surface area contributed by atoms with Crippen LogP contribution in [0.1, 0.15) is 22.3 Å². The highest BCUT2D eigenvalue weighted by Crippen LogP contribution is 2.29. The first kappa shape index (κ1) is 10.5. The Hall–Kier alpha value is -2.04. The third kappa shape index (κ3) is 1.60. The van der Waals surface area contributed by atoms with Crippen LogP contribution in [0.2, 0.25) is 0 Å². The van der Waals surface area contributed by atoms with Crippen molar-refractivity contribution in [3.8, 4) is 0 Å². The van der Waals surface area contributed by atoms with E-state index >= 15 is 0 Å². The van der Waals surface area contributed by atoms with Crippen LogP contribution in [0.25, 0.3) is 0 Å². The predicted molar refractivity (Wildman–Crippen MR) is 54.8 cm³/mol. The third-order valence-electron chi connectivity index (χ3n) is 2.39. The minimum atomic E-state index is -1.25. The molecule has 0 bridgehead atoms. The Kier molecular flexibility index (Phi) is 2.30. The third-order valence-corrected chi connectivity index (χ3v) is 2.39. The Morgan fingerprint density at radius 2 is 2.19 bits per heavy atom. The standard InChI is InChI=1S/C11H8FNO3/c1-5-2-6(12)3-7-10(5)9(14)4-8(13-7)11(15)16/h2-3H,4H2,1H3,(H,15,16). The molecule has 0 fully saturated rings. The van der Waals surface area contributed by atoms with Crippen LogP contribution in [0.4, 0.5) is 10.1 Å². The van der Waals surface area contributed by atoms with Gasteiger partial charge in [0.25, 0.3) is 0 Å². The van der Waals surface area contributed by atoms with E-state index in [1.54, 1.807) is 6.92 Å². The highest BCUT2D eigenvalue weighted by atomic mass is 19.1. The Labute approximate surface area is 90.4 Å². The van der Waals surface area contributed by atoms with Gasteiger partial charge in [0.1, 0.15) is 11.5 Å². The second kappa shape index (κ2) is 3.52. The number of carbonyl (C=O) groups excluding carboxylic acids is 1. The number of carbonyl (C=O) groups is 2. The number of ketones is 1. The van der Waals surface area contributed by atoms with Crippen molar-refractivity contribution in [2.45, 2.75) is 13.3 Å². The number of aliphatic carboxylic acids is 1. The zero-order valence-corrected chi connectivity index (χ0v) is 8.45. The first-order valence-electron chi connectivity index (χ1n) is 4.63.